The molecule has 0 saturated carbocycles. The van der Waals surface area contributed by atoms with Crippen LogP contribution in [0.15, 0.2) is 231 Å². The molecule has 2 aliphatic rings. The summed E-state index contributed by atoms with van der Waals surface area (Å²) in [6, 6.07) is 83.3. The third-order valence-electron chi connectivity index (χ3n) is 12.7. The molecule has 0 unspecified atom stereocenters. The van der Waals surface area contributed by atoms with Crippen molar-refractivity contribution >= 4 is 0 Å². The van der Waals surface area contributed by atoms with Gasteiger partial charge in [-0.15, -0.1) is 0 Å². The molecule has 0 saturated heterocycles. The topological polar surface area (TPSA) is 25.8 Å². The lowest BCUT2D eigenvalue weighted by atomic mass is 9.70. The van der Waals surface area contributed by atoms with E-state index >= 15 is 0 Å². The molecule has 12 rings (SSSR count). The van der Waals surface area contributed by atoms with Crippen molar-refractivity contribution in [3.63, 3.8) is 0 Å². The molecule has 0 N–H and O–H groups in total. The van der Waals surface area contributed by atoms with E-state index in [1.54, 1.807) is 0 Å². The van der Waals surface area contributed by atoms with Gasteiger partial charge in [0.25, 0.3) is 0 Å². The van der Waals surface area contributed by atoms with E-state index < -0.39 is 5.41 Å². The molecule has 0 radical (unpaired) electrons. The number of nitrogens with zero attached hydrogens (tertiary/aromatic N) is 2. The van der Waals surface area contributed by atoms with Gasteiger partial charge in [-0.3, -0.25) is 0 Å². The molecule has 2 nitrogen and oxygen atoms in total. The Kier molecular flexibility index (Phi) is 8.11. The van der Waals surface area contributed by atoms with Crippen molar-refractivity contribution < 1.29 is 0 Å². The number of hydrogen-bond donors (Lipinski definition) is 0. The molecule has 0 atom stereocenters. The van der Waals surface area contributed by atoms with Gasteiger partial charge in [-0.2, -0.15) is 0 Å². The molecule has 2 heteroatoms. The smallest absolute Gasteiger partial charge is 0.160 e. The largest absolute Gasteiger partial charge is 0.228 e. The summed E-state index contributed by atoms with van der Waals surface area (Å²) in [7, 11) is 0. The fraction of sp³-hybridized carbons (Fsp3) is 0.0169. The molecule has 0 fully saturated rings. The number of benzene rings is 9. The van der Waals surface area contributed by atoms with E-state index in [9.17, 15) is 0 Å². The summed E-state index contributed by atoms with van der Waals surface area (Å²) < 4.78 is 0. The monoisotopic (exact) mass is 774 g/mol. The molecular formula is C59H38N2. The second kappa shape index (κ2) is 14.1. The van der Waals surface area contributed by atoms with Crippen molar-refractivity contribution in [2.45, 2.75) is 5.41 Å². The summed E-state index contributed by atoms with van der Waals surface area (Å²) in [4.78, 5) is 10.6. The average Bonchev–Trinajstić information content (AvgIpc) is 3.82. The van der Waals surface area contributed by atoms with E-state index in [1.165, 1.54) is 55.6 Å². The Hall–Kier alpha value is -7.94. The summed E-state index contributed by atoms with van der Waals surface area (Å²) in [5.41, 5.74) is 22.0. The molecule has 284 valence electrons. The van der Waals surface area contributed by atoms with Gasteiger partial charge in [-0.05, 0) is 102 Å². The van der Waals surface area contributed by atoms with Crippen molar-refractivity contribution in [3.8, 4) is 89.5 Å². The van der Waals surface area contributed by atoms with Crippen LogP contribution in [0.25, 0.3) is 89.5 Å². The molecule has 0 amide bonds. The van der Waals surface area contributed by atoms with Gasteiger partial charge in [-0.1, -0.05) is 206 Å². The quantitative estimate of drug-likeness (QED) is 0.168. The zero-order chi connectivity index (χ0) is 40.3. The summed E-state index contributed by atoms with van der Waals surface area (Å²) in [5, 5.41) is 0. The van der Waals surface area contributed by atoms with E-state index in [0.717, 1.165) is 50.3 Å². The van der Waals surface area contributed by atoms with Crippen molar-refractivity contribution in [1.29, 1.82) is 0 Å². The van der Waals surface area contributed by atoms with Crippen molar-refractivity contribution in [2.24, 2.45) is 0 Å². The molecule has 9 aromatic carbocycles. The molecular weight excluding hydrogens is 737 g/mol. The first-order valence-electron chi connectivity index (χ1n) is 21.0. The van der Waals surface area contributed by atoms with Crippen LogP contribution in [0.1, 0.15) is 22.3 Å². The Morgan fingerprint density at radius 3 is 1.21 bits per heavy atom. The highest BCUT2D eigenvalue weighted by Gasteiger charge is 2.51. The van der Waals surface area contributed by atoms with Crippen LogP contribution in [0.5, 0.6) is 0 Å². The van der Waals surface area contributed by atoms with Crippen molar-refractivity contribution in [2.75, 3.05) is 0 Å². The van der Waals surface area contributed by atoms with Crippen LogP contribution in [-0.2, 0) is 5.41 Å². The van der Waals surface area contributed by atoms with Gasteiger partial charge >= 0.3 is 0 Å². The average molecular weight is 775 g/mol. The highest BCUT2D eigenvalue weighted by atomic mass is 14.9. The lowest BCUT2D eigenvalue weighted by molar-refractivity contribution is 0.794. The fourth-order valence-corrected chi connectivity index (χ4v) is 10.1. The number of aromatic nitrogens is 2. The first kappa shape index (κ1) is 35.0. The minimum Gasteiger partial charge on any atom is -0.228 e. The van der Waals surface area contributed by atoms with Crippen LogP contribution < -0.4 is 0 Å². The number of hydrogen-bond acceptors (Lipinski definition) is 2. The molecule has 10 aromatic rings. The van der Waals surface area contributed by atoms with Crippen LogP contribution in [0.4, 0.5) is 0 Å². The summed E-state index contributed by atoms with van der Waals surface area (Å²) >= 11 is 0. The van der Waals surface area contributed by atoms with Crippen LogP contribution in [0.2, 0.25) is 0 Å². The summed E-state index contributed by atoms with van der Waals surface area (Å²) in [6.07, 6.45) is 0. The molecule has 61 heavy (non-hydrogen) atoms. The predicted octanol–water partition coefficient (Wildman–Crippen LogP) is 14.8. The maximum absolute atomic E-state index is 5.35. The zero-order valence-electron chi connectivity index (χ0n) is 33.3. The number of fused-ring (bicyclic) bond motifs is 10. The van der Waals surface area contributed by atoms with Gasteiger partial charge in [0.1, 0.15) is 0 Å². The Morgan fingerprint density at radius 2 is 0.623 bits per heavy atom. The summed E-state index contributed by atoms with van der Waals surface area (Å²) in [6.45, 7) is 0. The lowest BCUT2D eigenvalue weighted by Gasteiger charge is -2.30. The molecule has 1 spiro atoms. The van der Waals surface area contributed by atoms with Crippen molar-refractivity contribution in [1.82, 2.24) is 9.97 Å². The first-order valence-corrected chi connectivity index (χ1v) is 21.0. The lowest BCUT2D eigenvalue weighted by Crippen LogP contribution is -2.25. The second-order valence-corrected chi connectivity index (χ2v) is 16.1. The van der Waals surface area contributed by atoms with E-state index in [-0.39, 0.29) is 0 Å². The van der Waals surface area contributed by atoms with E-state index in [2.05, 4.69) is 231 Å². The standard InChI is InChI=1S/C59H38N2/c1-3-17-39(18-4-1)41-21-13-24-44(35-41)55-38-56(61-58(60-55)46-26-14-22-42(36-46)40-19-5-2-6-20-40)45-25-15-23-43(37-45)47-30-16-34-54-57(47)50-29-9-12-33-53(50)59(54)51-31-10-7-27-48(51)49-28-8-11-32-52(49)59/h1-38H. The highest BCUT2D eigenvalue weighted by molar-refractivity contribution is 6.00. The summed E-state index contributed by atoms with van der Waals surface area (Å²) in [5.74, 6) is 0.691. The Morgan fingerprint density at radius 1 is 0.246 bits per heavy atom. The molecule has 2 aliphatic carbocycles. The third-order valence-corrected chi connectivity index (χ3v) is 12.7. The molecule has 1 aromatic heterocycles. The van der Waals surface area contributed by atoms with Crippen LogP contribution in [-0.4, -0.2) is 9.97 Å². The van der Waals surface area contributed by atoms with Gasteiger partial charge in [0.15, 0.2) is 5.82 Å². The second-order valence-electron chi connectivity index (χ2n) is 16.1. The highest BCUT2D eigenvalue weighted by Crippen LogP contribution is 2.64. The predicted molar refractivity (Wildman–Crippen MR) is 251 cm³/mol. The number of rotatable bonds is 6. The first-order chi connectivity index (χ1) is 30.2. The van der Waals surface area contributed by atoms with Gasteiger partial charge in [-0.25, -0.2) is 9.97 Å². The Bertz CT molecular complexity index is 3160. The van der Waals surface area contributed by atoms with Gasteiger partial charge in [0, 0.05) is 16.7 Å². The fourth-order valence-electron chi connectivity index (χ4n) is 10.1. The zero-order valence-corrected chi connectivity index (χ0v) is 33.3. The maximum Gasteiger partial charge on any atom is 0.160 e. The molecule has 0 bridgehead atoms. The normalized spacial score (nSPS) is 12.7. The van der Waals surface area contributed by atoms with Crippen LogP contribution in [0.3, 0.4) is 0 Å². The van der Waals surface area contributed by atoms with Gasteiger partial charge < -0.3 is 0 Å². The third kappa shape index (κ3) is 5.57. The minimum atomic E-state index is -0.397. The van der Waals surface area contributed by atoms with Gasteiger partial charge in [0.2, 0.25) is 0 Å². The Labute approximate surface area is 356 Å². The molecule has 0 aliphatic heterocycles. The van der Waals surface area contributed by atoms with Crippen LogP contribution >= 0.6 is 0 Å². The van der Waals surface area contributed by atoms with E-state index in [0.29, 0.717) is 5.82 Å². The van der Waals surface area contributed by atoms with Gasteiger partial charge in [0.05, 0.1) is 16.8 Å². The van der Waals surface area contributed by atoms with Crippen molar-refractivity contribution in [3.05, 3.63) is 253 Å². The van der Waals surface area contributed by atoms with E-state index in [1.807, 2.05) is 0 Å². The van der Waals surface area contributed by atoms with Crippen LogP contribution in [0, 0.1) is 0 Å². The SMILES string of the molecule is c1ccc(-c2cccc(-c3cc(-c4cccc(-c5cccc6c5-c5ccccc5C65c6ccccc6-c6ccccc65)c4)nc(-c4cccc(-c5ccccc5)c4)n3)c2)cc1. The Balaban J connectivity index is 1.03. The van der Waals surface area contributed by atoms with E-state index in [4.69, 9.17) is 9.97 Å². The molecule has 1 heterocycles. The maximum atomic E-state index is 5.35. The minimum absolute atomic E-state index is 0.397.